The van der Waals surface area contributed by atoms with Gasteiger partial charge in [-0.15, -0.1) is 0 Å². The van der Waals surface area contributed by atoms with Crippen molar-refractivity contribution in [2.45, 2.75) is 83.1 Å². The third-order valence-corrected chi connectivity index (χ3v) is 14.1. The van der Waals surface area contributed by atoms with Crippen molar-refractivity contribution in [3.63, 3.8) is 0 Å². The molecule has 0 unspecified atom stereocenters. The summed E-state index contributed by atoms with van der Waals surface area (Å²) in [4.78, 5) is 0. The molecule has 39 heavy (non-hydrogen) atoms. The first-order valence-corrected chi connectivity index (χ1v) is 16.8. The van der Waals surface area contributed by atoms with E-state index >= 15 is 0 Å². The van der Waals surface area contributed by atoms with Crippen LogP contribution in [0, 0.1) is 83.1 Å². The Morgan fingerprint density at radius 3 is 0.744 bits per heavy atom. The molecule has 4 aromatic carbocycles. The fourth-order valence-corrected chi connectivity index (χ4v) is 12.5. The molecule has 0 saturated heterocycles. The molecule has 0 N–H and O–H groups in total. The average Bonchev–Trinajstić information content (AvgIpc) is 2.85. The van der Waals surface area contributed by atoms with Gasteiger partial charge < -0.3 is 4.12 Å². The summed E-state index contributed by atoms with van der Waals surface area (Å²) in [5.41, 5.74) is 16.1. The lowest BCUT2D eigenvalue weighted by Gasteiger charge is -2.29. The Kier molecular flexibility index (Phi) is 8.56. The molecular weight excluding hydrogens is 505 g/mol. The molecule has 0 aliphatic rings. The fraction of sp³-hybridized carbons (Fsp3) is 0.333. The number of benzene rings is 4. The summed E-state index contributed by atoms with van der Waals surface area (Å²) in [5, 5.41) is 5.55. The molecule has 0 fully saturated rings. The van der Waals surface area contributed by atoms with Crippen LogP contribution in [0.15, 0.2) is 48.5 Å². The van der Waals surface area contributed by atoms with E-state index in [4.69, 9.17) is 4.12 Å². The van der Waals surface area contributed by atoms with Crippen molar-refractivity contribution in [3.8, 4) is 0 Å². The molecule has 0 aromatic heterocycles. The van der Waals surface area contributed by atoms with Crippen LogP contribution in [-0.2, 0) is 4.12 Å². The Bertz CT molecular complexity index is 1330. The van der Waals surface area contributed by atoms with Gasteiger partial charge in [-0.3, -0.25) is 0 Å². The van der Waals surface area contributed by atoms with E-state index in [2.05, 4.69) is 132 Å². The molecule has 4 aromatic rings. The Labute approximate surface area is 240 Å². The highest BCUT2D eigenvalue weighted by molar-refractivity contribution is 6.92. The molecule has 4 rings (SSSR count). The van der Waals surface area contributed by atoms with Crippen molar-refractivity contribution >= 4 is 38.8 Å². The molecule has 0 amide bonds. The minimum atomic E-state index is -1.58. The van der Waals surface area contributed by atoms with Crippen LogP contribution in [-0.4, -0.2) is 18.1 Å². The largest absolute Gasteiger partial charge is 0.442 e. The molecule has 2 radical (unpaired) electrons. The lowest BCUT2D eigenvalue weighted by molar-refractivity contribution is 0.631. The van der Waals surface area contributed by atoms with Crippen LogP contribution < -0.4 is 20.7 Å². The summed E-state index contributed by atoms with van der Waals surface area (Å²) in [5.74, 6) is 0. The first kappa shape index (κ1) is 29.3. The fourth-order valence-electron chi connectivity index (χ4n) is 5.71. The van der Waals surface area contributed by atoms with Crippen molar-refractivity contribution in [3.05, 3.63) is 115 Å². The quantitative estimate of drug-likeness (QED) is 0.256. The monoisotopic (exact) mass is 548 g/mol. The zero-order valence-electron chi connectivity index (χ0n) is 26.0. The summed E-state index contributed by atoms with van der Waals surface area (Å²) in [6, 6.07) is 18.8. The van der Waals surface area contributed by atoms with Crippen LogP contribution in [0.4, 0.5) is 0 Å². The van der Waals surface area contributed by atoms with E-state index in [0.717, 1.165) is 0 Å². The maximum Gasteiger partial charge on any atom is 0.273 e. The second-order valence-electron chi connectivity index (χ2n) is 11.8. The molecule has 0 aliphatic carbocycles. The summed E-state index contributed by atoms with van der Waals surface area (Å²) >= 11 is 0. The molecular formula is C36H44OSi2. The van der Waals surface area contributed by atoms with E-state index in [9.17, 15) is 0 Å². The van der Waals surface area contributed by atoms with E-state index in [1.807, 2.05) is 0 Å². The van der Waals surface area contributed by atoms with E-state index in [1.54, 1.807) is 0 Å². The number of hydrogen-bond donors (Lipinski definition) is 0. The van der Waals surface area contributed by atoms with E-state index < -0.39 is 18.1 Å². The van der Waals surface area contributed by atoms with Crippen molar-refractivity contribution in [2.24, 2.45) is 0 Å². The van der Waals surface area contributed by atoms with Crippen molar-refractivity contribution < 1.29 is 4.12 Å². The Morgan fingerprint density at radius 1 is 0.333 bits per heavy atom. The van der Waals surface area contributed by atoms with Crippen LogP contribution in [0.25, 0.3) is 0 Å². The number of rotatable bonds is 6. The molecule has 0 aliphatic heterocycles. The van der Waals surface area contributed by atoms with E-state index in [1.165, 1.54) is 87.5 Å². The van der Waals surface area contributed by atoms with Gasteiger partial charge in [0.25, 0.3) is 18.1 Å². The van der Waals surface area contributed by atoms with Crippen LogP contribution in [0.2, 0.25) is 0 Å². The summed E-state index contributed by atoms with van der Waals surface area (Å²) in [7, 11) is -3.16. The molecule has 0 saturated carbocycles. The second-order valence-corrected chi connectivity index (χ2v) is 16.1. The van der Waals surface area contributed by atoms with Gasteiger partial charge in [0.05, 0.1) is 0 Å². The predicted octanol–water partition coefficient (Wildman–Crippen LogP) is 6.32. The molecule has 0 atom stereocenters. The molecule has 202 valence electrons. The smallest absolute Gasteiger partial charge is 0.273 e. The van der Waals surface area contributed by atoms with Crippen LogP contribution in [0.3, 0.4) is 0 Å². The normalized spacial score (nSPS) is 11.6. The predicted molar refractivity (Wildman–Crippen MR) is 174 cm³/mol. The van der Waals surface area contributed by atoms with Gasteiger partial charge in [0.15, 0.2) is 0 Å². The van der Waals surface area contributed by atoms with Gasteiger partial charge in [-0.25, -0.2) is 0 Å². The first-order chi connectivity index (χ1) is 18.3. The molecule has 3 heteroatoms. The Hall–Kier alpha value is -2.73. The van der Waals surface area contributed by atoms with Crippen LogP contribution in [0.5, 0.6) is 0 Å². The molecule has 1 nitrogen and oxygen atoms in total. The average molecular weight is 549 g/mol. The van der Waals surface area contributed by atoms with Gasteiger partial charge in [0.1, 0.15) is 0 Å². The minimum absolute atomic E-state index is 1.31. The van der Waals surface area contributed by atoms with Gasteiger partial charge in [-0.05, 0) is 148 Å². The molecule has 0 spiro atoms. The lowest BCUT2D eigenvalue weighted by atomic mass is 10.1. The first-order valence-electron chi connectivity index (χ1n) is 14.0. The molecule has 0 bridgehead atoms. The van der Waals surface area contributed by atoms with Crippen LogP contribution in [0.1, 0.15) is 66.8 Å². The lowest BCUT2D eigenvalue weighted by Crippen LogP contribution is -2.58. The van der Waals surface area contributed by atoms with Gasteiger partial charge >= 0.3 is 0 Å². The van der Waals surface area contributed by atoms with Gasteiger partial charge in [-0.2, -0.15) is 0 Å². The van der Waals surface area contributed by atoms with Gasteiger partial charge in [0, 0.05) is 0 Å². The van der Waals surface area contributed by atoms with Crippen molar-refractivity contribution in [1.82, 2.24) is 0 Å². The highest BCUT2D eigenvalue weighted by atomic mass is 28.4. The third-order valence-electron chi connectivity index (χ3n) is 8.43. The zero-order chi connectivity index (χ0) is 28.8. The highest BCUT2D eigenvalue weighted by Gasteiger charge is 2.33. The standard InChI is InChI=1S/C36H44OSi2/c1-21-13-25(5)29(9)33(17-21)38(34-18-22(2)14-26(6)30(34)10)37-39(35-19-23(3)15-27(7)31(35)11)36-20-24(4)16-28(8)32(36)12/h13-20H,1-12H3. The number of aryl methyl sites for hydroxylation is 8. The maximum atomic E-state index is 7.76. The van der Waals surface area contributed by atoms with Crippen molar-refractivity contribution in [1.29, 1.82) is 0 Å². The van der Waals surface area contributed by atoms with Gasteiger partial charge in [0.2, 0.25) is 0 Å². The van der Waals surface area contributed by atoms with E-state index in [0.29, 0.717) is 0 Å². The van der Waals surface area contributed by atoms with E-state index in [-0.39, 0.29) is 0 Å². The highest BCUT2D eigenvalue weighted by Crippen LogP contribution is 2.17. The maximum absolute atomic E-state index is 7.76. The van der Waals surface area contributed by atoms with Crippen LogP contribution >= 0.6 is 0 Å². The minimum Gasteiger partial charge on any atom is -0.442 e. The Morgan fingerprint density at radius 2 is 0.538 bits per heavy atom. The Balaban J connectivity index is 2.07. The van der Waals surface area contributed by atoms with Gasteiger partial charge in [-0.1, -0.05) is 70.8 Å². The summed E-state index contributed by atoms with van der Waals surface area (Å²) in [6.45, 7) is 27.0. The van der Waals surface area contributed by atoms with Crippen molar-refractivity contribution in [2.75, 3.05) is 0 Å². The zero-order valence-corrected chi connectivity index (χ0v) is 28.0. The SMILES string of the molecule is Cc1cc(C)c(C)c([Si](O[Si](c2cc(C)cc(C)c2C)c2cc(C)cc(C)c2C)c2cc(C)cc(C)c2C)c1. The summed E-state index contributed by atoms with van der Waals surface area (Å²) < 4.78 is 7.76. The third kappa shape index (κ3) is 5.91. The topological polar surface area (TPSA) is 9.23 Å². The number of hydrogen-bond acceptors (Lipinski definition) is 1. The summed E-state index contributed by atoms with van der Waals surface area (Å²) in [6.07, 6.45) is 0. The second kappa shape index (κ2) is 11.4. The molecule has 0 heterocycles.